The highest BCUT2D eigenvalue weighted by Crippen LogP contribution is 2.35. The van der Waals surface area contributed by atoms with Crippen LogP contribution in [0.15, 0.2) is 76.1 Å². The lowest BCUT2D eigenvalue weighted by atomic mass is 9.95. The summed E-state index contributed by atoms with van der Waals surface area (Å²) < 4.78 is 58.6. The number of aromatic nitrogens is 1. The maximum Gasteiger partial charge on any atom is 0.416 e. The van der Waals surface area contributed by atoms with E-state index < -0.39 is 35.1 Å². The summed E-state index contributed by atoms with van der Waals surface area (Å²) in [4.78, 5) is 28.7. The Morgan fingerprint density at radius 2 is 1.73 bits per heavy atom. The van der Waals surface area contributed by atoms with Crippen molar-refractivity contribution in [2.24, 2.45) is 0 Å². The highest BCUT2D eigenvalue weighted by molar-refractivity contribution is 9.10. The van der Waals surface area contributed by atoms with E-state index in [2.05, 4.69) is 21.2 Å². The van der Waals surface area contributed by atoms with E-state index in [1.807, 2.05) is 13.0 Å². The Labute approximate surface area is 261 Å². The number of halogens is 5. The first kappa shape index (κ1) is 32.9. The van der Waals surface area contributed by atoms with Gasteiger partial charge in [0.2, 0.25) is 5.91 Å². The van der Waals surface area contributed by atoms with Gasteiger partial charge in [0.15, 0.2) is 0 Å². The van der Waals surface area contributed by atoms with Crippen LogP contribution in [0.4, 0.5) is 17.6 Å². The zero-order valence-corrected chi connectivity index (χ0v) is 26.2. The van der Waals surface area contributed by atoms with Crippen LogP contribution in [0.3, 0.4) is 0 Å². The topological polar surface area (TPSA) is 74.6 Å². The smallest absolute Gasteiger partial charge is 0.416 e. The maximum absolute atomic E-state index is 15.3. The van der Waals surface area contributed by atoms with Gasteiger partial charge >= 0.3 is 6.18 Å². The summed E-state index contributed by atoms with van der Waals surface area (Å²) in [5.74, 6) is -1.25. The van der Waals surface area contributed by atoms with Crippen LogP contribution in [0, 0.1) is 19.7 Å². The van der Waals surface area contributed by atoms with Crippen LogP contribution in [-0.2, 0) is 23.9 Å². The van der Waals surface area contributed by atoms with Gasteiger partial charge in [0, 0.05) is 41.0 Å². The number of carbonyl (C=O) groups excluding carboxylic acids is 1. The molecule has 0 saturated heterocycles. The number of nitrogens with zero attached hydrogens (tertiary/aromatic N) is 2. The molecule has 3 aromatic carbocycles. The zero-order chi connectivity index (χ0) is 32.3. The molecule has 6 nitrogen and oxygen atoms in total. The van der Waals surface area contributed by atoms with E-state index in [4.69, 9.17) is 0 Å². The molecule has 0 bridgehead atoms. The first-order chi connectivity index (χ1) is 20.7. The minimum Gasteiger partial charge on any atom is -0.507 e. The summed E-state index contributed by atoms with van der Waals surface area (Å²) in [6, 6.07) is 13.9. The second kappa shape index (κ2) is 13.4. The molecule has 1 atom stereocenters. The highest BCUT2D eigenvalue weighted by atomic mass is 79.9. The fourth-order valence-electron chi connectivity index (χ4n) is 5.14. The van der Waals surface area contributed by atoms with Crippen molar-refractivity contribution in [3.63, 3.8) is 0 Å². The molecule has 4 rings (SSSR count). The van der Waals surface area contributed by atoms with Crippen LogP contribution in [-0.4, -0.2) is 41.1 Å². The van der Waals surface area contributed by atoms with Gasteiger partial charge in [0.1, 0.15) is 17.6 Å². The molecule has 11 heteroatoms. The number of pyridine rings is 1. The summed E-state index contributed by atoms with van der Waals surface area (Å²) in [7, 11) is 3.44. The molecular weight excluding hydrogens is 642 g/mol. The predicted molar refractivity (Wildman–Crippen MR) is 165 cm³/mol. The van der Waals surface area contributed by atoms with Gasteiger partial charge in [0.05, 0.1) is 5.56 Å². The quantitative estimate of drug-likeness (QED) is 0.193. The van der Waals surface area contributed by atoms with Gasteiger partial charge in [0.25, 0.3) is 5.56 Å². The first-order valence-electron chi connectivity index (χ1n) is 13.8. The molecule has 1 amide bonds. The van der Waals surface area contributed by atoms with E-state index in [-0.39, 0.29) is 36.4 Å². The van der Waals surface area contributed by atoms with Crippen LogP contribution < -0.4 is 10.9 Å². The zero-order valence-electron chi connectivity index (χ0n) is 24.6. The third-order valence-electron chi connectivity index (χ3n) is 7.31. The molecule has 0 spiro atoms. The number of rotatable bonds is 9. The van der Waals surface area contributed by atoms with Crippen LogP contribution in [0.1, 0.15) is 39.4 Å². The average molecular weight is 675 g/mol. The Bertz CT molecular complexity index is 1730. The lowest BCUT2D eigenvalue weighted by molar-refractivity contribution is -0.138. The number of phenolic OH excluding ortho intramolecular Hbond substituents is 1. The number of nitrogens with one attached hydrogen (secondary N) is 1. The van der Waals surface area contributed by atoms with Crippen molar-refractivity contribution in [3.05, 3.63) is 121 Å². The fraction of sp³-hybridized carbons (Fsp3) is 0.273. The van der Waals surface area contributed by atoms with E-state index in [1.54, 1.807) is 62.3 Å². The summed E-state index contributed by atoms with van der Waals surface area (Å²) in [5, 5.41) is 13.2. The van der Waals surface area contributed by atoms with Crippen molar-refractivity contribution >= 4 is 21.8 Å². The minimum atomic E-state index is -4.76. The number of aromatic hydroxyl groups is 1. The number of aryl methyl sites for hydroxylation is 2. The fourth-order valence-corrected chi connectivity index (χ4v) is 5.56. The predicted octanol–water partition coefficient (Wildman–Crippen LogP) is 6.77. The van der Waals surface area contributed by atoms with Crippen LogP contribution in [0.25, 0.3) is 11.1 Å². The van der Waals surface area contributed by atoms with E-state index >= 15 is 4.39 Å². The van der Waals surface area contributed by atoms with E-state index in [9.17, 15) is 27.9 Å². The van der Waals surface area contributed by atoms with Gasteiger partial charge in [-0.05, 0) is 92.5 Å². The largest absolute Gasteiger partial charge is 0.507 e. The molecule has 4 aromatic rings. The lowest BCUT2D eigenvalue weighted by Crippen LogP contribution is -2.38. The molecule has 1 unspecified atom stereocenters. The summed E-state index contributed by atoms with van der Waals surface area (Å²) in [5.41, 5.74) is 0.422. The monoisotopic (exact) mass is 673 g/mol. The standard InChI is InChI=1S/C33H32BrF4N3O3/c1-19-7-5-10-27(42)29(19)23-13-20(2)30(35)24(14-23)17-39-32(44)31(21-8-6-9-25(34)15-21)41-18-22(11-12-40(3)4)26(16-28(41)43)33(36,37)38/h5-10,13-16,18,31,42H,11-12,17H2,1-4H3,(H,39,44). The van der Waals surface area contributed by atoms with E-state index in [0.717, 1.165) is 16.3 Å². The number of phenols is 1. The Balaban J connectivity index is 1.77. The van der Waals surface area contributed by atoms with Gasteiger partial charge in [-0.3, -0.25) is 14.2 Å². The number of benzene rings is 3. The van der Waals surface area contributed by atoms with Crippen molar-refractivity contribution in [2.75, 3.05) is 20.6 Å². The molecule has 0 saturated carbocycles. The molecule has 44 heavy (non-hydrogen) atoms. The number of amides is 1. The summed E-state index contributed by atoms with van der Waals surface area (Å²) in [6.07, 6.45) is -3.69. The molecule has 0 radical (unpaired) electrons. The third kappa shape index (κ3) is 7.39. The lowest BCUT2D eigenvalue weighted by Gasteiger charge is -2.23. The summed E-state index contributed by atoms with van der Waals surface area (Å²) in [6.45, 7) is 3.38. The van der Waals surface area contributed by atoms with E-state index in [1.165, 1.54) is 12.1 Å². The molecule has 1 aromatic heterocycles. The number of alkyl halides is 3. The van der Waals surface area contributed by atoms with Gasteiger partial charge in [-0.1, -0.05) is 40.2 Å². The molecule has 0 aliphatic heterocycles. The van der Waals surface area contributed by atoms with Crippen LogP contribution in [0.5, 0.6) is 5.75 Å². The SMILES string of the molecule is Cc1cc(-c2c(C)cccc2O)cc(CNC(=O)C(c2cccc(Br)c2)n2cc(CCN(C)C)c(C(F)(F)F)cc2=O)c1F. The van der Waals surface area contributed by atoms with Crippen molar-refractivity contribution < 1.29 is 27.5 Å². The second-order valence-corrected chi connectivity index (χ2v) is 11.8. The highest BCUT2D eigenvalue weighted by Gasteiger charge is 2.35. The molecule has 1 heterocycles. The Morgan fingerprint density at radius 1 is 1.02 bits per heavy atom. The minimum absolute atomic E-state index is 0.0159. The van der Waals surface area contributed by atoms with Gasteiger partial charge in [-0.2, -0.15) is 13.2 Å². The molecule has 0 aliphatic carbocycles. The van der Waals surface area contributed by atoms with Crippen molar-refractivity contribution in [1.29, 1.82) is 0 Å². The molecular formula is C33H32BrF4N3O3. The first-order valence-corrected chi connectivity index (χ1v) is 14.5. The number of hydrogen-bond acceptors (Lipinski definition) is 4. The average Bonchev–Trinajstić information content (AvgIpc) is 2.93. The molecule has 0 fully saturated rings. The van der Waals surface area contributed by atoms with Gasteiger partial charge in [-0.15, -0.1) is 0 Å². The van der Waals surface area contributed by atoms with Crippen LogP contribution in [0.2, 0.25) is 0 Å². The maximum atomic E-state index is 15.3. The normalized spacial score (nSPS) is 12.4. The Kier molecular flexibility index (Phi) is 10.00. The van der Waals surface area contributed by atoms with E-state index in [0.29, 0.717) is 32.8 Å². The third-order valence-corrected chi connectivity index (χ3v) is 7.80. The Morgan fingerprint density at radius 3 is 2.36 bits per heavy atom. The van der Waals surface area contributed by atoms with Crippen LogP contribution >= 0.6 is 15.9 Å². The molecule has 2 N–H and O–H groups in total. The number of hydrogen-bond donors (Lipinski definition) is 2. The van der Waals surface area contributed by atoms with Crippen molar-refractivity contribution in [1.82, 2.24) is 14.8 Å². The Hall–Kier alpha value is -3.96. The number of carbonyl (C=O) groups is 1. The van der Waals surface area contributed by atoms with Gasteiger partial charge < -0.3 is 15.3 Å². The van der Waals surface area contributed by atoms with Crippen molar-refractivity contribution in [3.8, 4) is 16.9 Å². The molecule has 232 valence electrons. The summed E-state index contributed by atoms with van der Waals surface area (Å²) >= 11 is 3.36. The van der Waals surface area contributed by atoms with Crippen molar-refractivity contribution in [2.45, 2.75) is 39.0 Å². The number of likely N-dealkylation sites (N-methyl/N-ethyl adjacent to an activating group) is 1. The molecule has 0 aliphatic rings. The van der Waals surface area contributed by atoms with Gasteiger partial charge in [-0.25, -0.2) is 4.39 Å². The second-order valence-electron chi connectivity index (χ2n) is 10.9.